The number of carbonyl (C=O) groups is 5. The molecule has 0 aromatic heterocycles. The molecule has 1 aromatic carbocycles. The quantitative estimate of drug-likeness (QED) is 0.134. The van der Waals surface area contributed by atoms with Crippen LogP contribution in [0.25, 0.3) is 0 Å². The summed E-state index contributed by atoms with van der Waals surface area (Å²) < 4.78 is 4.83. The van der Waals surface area contributed by atoms with E-state index in [4.69, 9.17) is 10.5 Å². The summed E-state index contributed by atoms with van der Waals surface area (Å²) in [5.41, 5.74) is 8.58. The van der Waals surface area contributed by atoms with Crippen LogP contribution in [0.3, 0.4) is 0 Å². The number of phenols is 1. The number of benzene rings is 1. The van der Waals surface area contributed by atoms with Crippen LogP contribution in [0.1, 0.15) is 81.4 Å². The number of ether oxygens (including phenoxy) is 1. The van der Waals surface area contributed by atoms with Gasteiger partial charge in [0, 0.05) is 20.1 Å². The van der Waals surface area contributed by atoms with E-state index < -0.39 is 35.8 Å². The summed E-state index contributed by atoms with van der Waals surface area (Å²) in [6.45, 7) is 5.26. The first-order valence-electron chi connectivity index (χ1n) is 15.6. The minimum Gasteiger partial charge on any atom is -0.508 e. The predicted octanol–water partition coefficient (Wildman–Crippen LogP) is 1.46. The lowest BCUT2D eigenvalue weighted by molar-refractivity contribution is -0.131. The summed E-state index contributed by atoms with van der Waals surface area (Å²) in [4.78, 5) is 62.7. The third-order valence-electron chi connectivity index (χ3n) is 8.05. The highest BCUT2D eigenvalue weighted by Gasteiger charge is 2.27. The maximum Gasteiger partial charge on any atom is 0.242 e. The summed E-state index contributed by atoms with van der Waals surface area (Å²) in [7, 11) is 1.47. The number of rotatable bonds is 18. The van der Waals surface area contributed by atoms with Crippen molar-refractivity contribution in [2.75, 3.05) is 26.8 Å². The molecule has 0 radical (unpaired) electrons. The standard InChI is InChI=1S/C32H51N5O7/c1-20-14-25(39)15-21(2)26(20)17-27(33)31(42)36-22(3)30(41)35-18-29(40)37-28(16-23-10-6-5-7-11-23)32(43)34-13-9-8-12-24(38)19-44-4/h14-15,22-23,27-28,39H,5-13,16-19,33H2,1-4H3,(H,34,43)(H,35,41)(H,36,42)(H,37,40)/t22-,27+,28+/m1/s1. The number of aromatic hydroxyl groups is 1. The molecule has 2 rings (SSSR count). The van der Waals surface area contributed by atoms with Crippen LogP contribution in [-0.2, 0) is 35.1 Å². The highest BCUT2D eigenvalue weighted by molar-refractivity contribution is 5.93. The van der Waals surface area contributed by atoms with E-state index in [1.807, 2.05) is 13.8 Å². The number of phenolic OH excluding ortho intramolecular Hbond substituents is 1. The minimum absolute atomic E-state index is 0.0132. The fraction of sp³-hybridized carbons (Fsp3) is 0.656. The van der Waals surface area contributed by atoms with Crippen molar-refractivity contribution < 1.29 is 33.8 Å². The number of hydrogen-bond donors (Lipinski definition) is 6. The van der Waals surface area contributed by atoms with Gasteiger partial charge in [0.05, 0.1) is 12.6 Å². The van der Waals surface area contributed by atoms with E-state index in [1.165, 1.54) is 20.5 Å². The van der Waals surface area contributed by atoms with E-state index in [2.05, 4.69) is 21.3 Å². The Balaban J connectivity index is 1.84. The molecule has 0 spiro atoms. The zero-order chi connectivity index (χ0) is 32.6. The molecule has 0 unspecified atom stereocenters. The van der Waals surface area contributed by atoms with Gasteiger partial charge in [0.2, 0.25) is 23.6 Å². The van der Waals surface area contributed by atoms with Crippen LogP contribution in [0.4, 0.5) is 0 Å². The van der Waals surface area contributed by atoms with E-state index in [-0.39, 0.29) is 37.0 Å². The first-order chi connectivity index (χ1) is 20.9. The van der Waals surface area contributed by atoms with Gasteiger partial charge in [-0.2, -0.15) is 0 Å². The molecule has 44 heavy (non-hydrogen) atoms. The van der Waals surface area contributed by atoms with Crippen LogP contribution in [0.5, 0.6) is 5.75 Å². The number of aryl methyl sites for hydroxylation is 2. The lowest BCUT2D eigenvalue weighted by atomic mass is 9.84. The van der Waals surface area contributed by atoms with E-state index in [9.17, 15) is 29.1 Å². The van der Waals surface area contributed by atoms with Gasteiger partial charge in [0.1, 0.15) is 24.4 Å². The van der Waals surface area contributed by atoms with Gasteiger partial charge in [-0.15, -0.1) is 0 Å². The molecular weight excluding hydrogens is 566 g/mol. The zero-order valence-electron chi connectivity index (χ0n) is 26.6. The lowest BCUT2D eigenvalue weighted by Gasteiger charge is -2.27. The molecule has 1 saturated carbocycles. The molecule has 12 heteroatoms. The highest BCUT2D eigenvalue weighted by Crippen LogP contribution is 2.27. The fourth-order valence-electron chi connectivity index (χ4n) is 5.56. The second-order valence-corrected chi connectivity index (χ2v) is 11.9. The van der Waals surface area contributed by atoms with Crippen LogP contribution < -0.4 is 27.0 Å². The van der Waals surface area contributed by atoms with Gasteiger partial charge in [0.15, 0.2) is 5.78 Å². The Morgan fingerprint density at radius 2 is 1.61 bits per heavy atom. The number of hydrogen-bond acceptors (Lipinski definition) is 8. The maximum atomic E-state index is 13.0. The Hall–Kier alpha value is -3.51. The second-order valence-electron chi connectivity index (χ2n) is 11.9. The number of unbranched alkanes of at least 4 members (excludes halogenated alkanes) is 1. The molecule has 3 atom stereocenters. The largest absolute Gasteiger partial charge is 0.508 e. The molecule has 246 valence electrons. The highest BCUT2D eigenvalue weighted by atomic mass is 16.5. The van der Waals surface area contributed by atoms with Crippen molar-refractivity contribution in [2.45, 2.75) is 103 Å². The first-order valence-corrected chi connectivity index (χ1v) is 15.6. The van der Waals surface area contributed by atoms with Gasteiger partial charge >= 0.3 is 0 Å². The molecule has 0 heterocycles. The van der Waals surface area contributed by atoms with Gasteiger partial charge in [-0.3, -0.25) is 24.0 Å². The molecule has 7 N–H and O–H groups in total. The van der Waals surface area contributed by atoms with Crippen LogP contribution in [0, 0.1) is 19.8 Å². The number of carbonyl (C=O) groups excluding carboxylic acids is 5. The van der Waals surface area contributed by atoms with Gasteiger partial charge < -0.3 is 36.8 Å². The monoisotopic (exact) mass is 617 g/mol. The molecule has 1 fully saturated rings. The Labute approximate surface area is 260 Å². The molecule has 4 amide bonds. The van der Waals surface area contributed by atoms with Crippen molar-refractivity contribution in [3.8, 4) is 5.75 Å². The minimum atomic E-state index is -0.944. The van der Waals surface area contributed by atoms with Gasteiger partial charge in [-0.25, -0.2) is 0 Å². The molecule has 1 aromatic rings. The molecule has 1 aliphatic carbocycles. The Bertz CT molecular complexity index is 1110. The average Bonchev–Trinajstić information content (AvgIpc) is 2.97. The SMILES string of the molecule is COCC(=O)CCCCNC(=O)[C@H](CC1CCCCC1)NC(=O)CNC(=O)[C@@H](C)NC(=O)[C@@H](N)Cc1c(C)cc(O)cc1C. The van der Waals surface area contributed by atoms with Crippen molar-refractivity contribution in [3.63, 3.8) is 0 Å². The molecule has 0 aliphatic heterocycles. The van der Waals surface area contributed by atoms with E-state index in [0.717, 1.165) is 42.4 Å². The molecule has 1 aliphatic rings. The summed E-state index contributed by atoms with van der Waals surface area (Å²) in [5, 5.41) is 20.5. The number of amides is 4. The molecular formula is C32H51N5O7. The van der Waals surface area contributed by atoms with E-state index in [1.54, 1.807) is 12.1 Å². The van der Waals surface area contributed by atoms with Crippen LogP contribution >= 0.6 is 0 Å². The van der Waals surface area contributed by atoms with Gasteiger partial charge in [-0.1, -0.05) is 32.1 Å². The Morgan fingerprint density at radius 1 is 0.955 bits per heavy atom. The third-order valence-corrected chi connectivity index (χ3v) is 8.05. The van der Waals surface area contributed by atoms with E-state index in [0.29, 0.717) is 38.1 Å². The first kappa shape index (κ1) is 36.7. The Morgan fingerprint density at radius 3 is 2.25 bits per heavy atom. The average molecular weight is 618 g/mol. The topological polar surface area (TPSA) is 189 Å². The maximum absolute atomic E-state index is 13.0. The number of Topliss-reactive ketones (excluding diaryl/α,β-unsaturated/α-hetero) is 1. The van der Waals surface area contributed by atoms with Crippen LogP contribution in [-0.4, -0.2) is 79.5 Å². The van der Waals surface area contributed by atoms with Crippen molar-refractivity contribution in [1.82, 2.24) is 21.3 Å². The molecule has 0 saturated heterocycles. The summed E-state index contributed by atoms with van der Waals surface area (Å²) in [5.74, 6) is -1.39. The van der Waals surface area contributed by atoms with E-state index >= 15 is 0 Å². The molecule has 0 bridgehead atoms. The number of methoxy groups -OCH3 is 1. The smallest absolute Gasteiger partial charge is 0.242 e. The van der Waals surface area contributed by atoms with Gasteiger partial charge in [0.25, 0.3) is 0 Å². The zero-order valence-corrected chi connectivity index (χ0v) is 26.6. The number of nitrogens with two attached hydrogens (primary N) is 1. The van der Waals surface area contributed by atoms with Crippen molar-refractivity contribution in [3.05, 3.63) is 28.8 Å². The predicted molar refractivity (Wildman–Crippen MR) is 167 cm³/mol. The second kappa shape index (κ2) is 19.0. The van der Waals surface area contributed by atoms with Crippen LogP contribution in [0.2, 0.25) is 0 Å². The van der Waals surface area contributed by atoms with Crippen molar-refractivity contribution in [1.29, 1.82) is 0 Å². The summed E-state index contributed by atoms with van der Waals surface area (Å²) in [6.07, 6.45) is 7.76. The van der Waals surface area contributed by atoms with Crippen LogP contribution in [0.15, 0.2) is 12.1 Å². The number of ketones is 1. The summed E-state index contributed by atoms with van der Waals surface area (Å²) in [6, 6.07) is 0.610. The number of nitrogens with one attached hydrogen (secondary N) is 4. The normalized spacial score (nSPS) is 15.5. The van der Waals surface area contributed by atoms with Crippen molar-refractivity contribution >= 4 is 29.4 Å². The summed E-state index contributed by atoms with van der Waals surface area (Å²) >= 11 is 0. The van der Waals surface area contributed by atoms with Gasteiger partial charge in [-0.05, 0) is 81.2 Å². The Kier molecular flexibility index (Phi) is 15.8. The van der Waals surface area contributed by atoms with Crippen molar-refractivity contribution in [2.24, 2.45) is 11.7 Å². The molecule has 12 nitrogen and oxygen atoms in total. The lowest BCUT2D eigenvalue weighted by Crippen LogP contribution is -2.53. The third kappa shape index (κ3) is 13.0. The fourth-order valence-corrected chi connectivity index (χ4v) is 5.56.